The Kier molecular flexibility index (Phi) is 7.37. The maximum absolute atomic E-state index is 11.9. The summed E-state index contributed by atoms with van der Waals surface area (Å²) in [6.07, 6.45) is 0. The van der Waals surface area contributed by atoms with Crippen LogP contribution in [0.3, 0.4) is 0 Å². The molecule has 0 aliphatic rings. The van der Waals surface area contributed by atoms with E-state index in [-0.39, 0.29) is 5.91 Å². The van der Waals surface area contributed by atoms with Crippen molar-refractivity contribution in [1.29, 1.82) is 0 Å². The lowest BCUT2D eigenvalue weighted by atomic mass is 10.2. The summed E-state index contributed by atoms with van der Waals surface area (Å²) in [4.78, 5) is 13.8. The van der Waals surface area contributed by atoms with Crippen molar-refractivity contribution in [2.75, 3.05) is 26.7 Å². The highest BCUT2D eigenvalue weighted by atomic mass is 35.5. The molecule has 0 aromatic heterocycles. The summed E-state index contributed by atoms with van der Waals surface area (Å²) in [5, 5.41) is 4.18. The van der Waals surface area contributed by atoms with Gasteiger partial charge in [0.25, 0.3) is 0 Å². The van der Waals surface area contributed by atoms with E-state index in [0.717, 1.165) is 11.3 Å². The smallest absolute Gasteiger partial charge is 0.234 e. The second kappa shape index (κ2) is 9.52. The third-order valence-corrected chi connectivity index (χ3v) is 3.80. The quantitative estimate of drug-likeness (QED) is 0.775. The van der Waals surface area contributed by atoms with Crippen molar-refractivity contribution in [3.63, 3.8) is 0 Å². The van der Waals surface area contributed by atoms with Gasteiger partial charge in [0.05, 0.1) is 6.54 Å². The van der Waals surface area contributed by atoms with E-state index in [2.05, 4.69) is 5.32 Å². The van der Waals surface area contributed by atoms with Crippen LogP contribution in [-0.4, -0.2) is 37.6 Å². The molecule has 0 spiro atoms. The summed E-state index contributed by atoms with van der Waals surface area (Å²) >= 11 is 11.8. The Morgan fingerprint density at radius 1 is 1.12 bits per heavy atom. The highest BCUT2D eigenvalue weighted by Gasteiger charge is 2.07. The van der Waals surface area contributed by atoms with Crippen LogP contribution in [0, 0.1) is 0 Å². The molecular weight excluding hydrogens is 347 g/mol. The number of nitrogens with one attached hydrogen (secondary N) is 1. The van der Waals surface area contributed by atoms with Gasteiger partial charge < -0.3 is 10.1 Å². The van der Waals surface area contributed by atoms with Gasteiger partial charge in [-0.1, -0.05) is 41.4 Å². The van der Waals surface area contributed by atoms with Gasteiger partial charge in [0.2, 0.25) is 5.91 Å². The van der Waals surface area contributed by atoms with Crippen molar-refractivity contribution < 1.29 is 9.53 Å². The first-order valence-electron chi connectivity index (χ1n) is 7.61. The zero-order valence-corrected chi connectivity index (χ0v) is 15.0. The molecule has 4 nitrogen and oxygen atoms in total. The highest BCUT2D eigenvalue weighted by Crippen LogP contribution is 2.16. The van der Waals surface area contributed by atoms with Gasteiger partial charge in [-0.3, -0.25) is 9.69 Å². The van der Waals surface area contributed by atoms with E-state index >= 15 is 0 Å². The minimum atomic E-state index is -0.0415. The average Bonchev–Trinajstić information content (AvgIpc) is 2.53. The molecule has 6 heteroatoms. The van der Waals surface area contributed by atoms with Crippen molar-refractivity contribution >= 4 is 29.1 Å². The minimum absolute atomic E-state index is 0.0415. The average molecular weight is 367 g/mol. The Balaban J connectivity index is 1.66. The van der Waals surface area contributed by atoms with Gasteiger partial charge in [-0.15, -0.1) is 0 Å². The fourth-order valence-corrected chi connectivity index (χ4v) is 2.50. The molecule has 0 fully saturated rings. The van der Waals surface area contributed by atoms with Crippen molar-refractivity contribution in [2.45, 2.75) is 6.54 Å². The lowest BCUT2D eigenvalue weighted by Crippen LogP contribution is -2.36. The van der Waals surface area contributed by atoms with Crippen LogP contribution < -0.4 is 10.1 Å². The van der Waals surface area contributed by atoms with Crippen LogP contribution in [0.4, 0.5) is 0 Å². The van der Waals surface area contributed by atoms with E-state index in [1.54, 1.807) is 18.2 Å². The second-order valence-electron chi connectivity index (χ2n) is 5.45. The Hall–Kier alpha value is -1.75. The molecule has 0 aliphatic heterocycles. The molecule has 0 atom stereocenters. The van der Waals surface area contributed by atoms with E-state index in [1.165, 1.54) is 0 Å². The normalized spacial score (nSPS) is 10.7. The van der Waals surface area contributed by atoms with Crippen LogP contribution in [0.2, 0.25) is 10.0 Å². The Morgan fingerprint density at radius 3 is 2.54 bits per heavy atom. The van der Waals surface area contributed by atoms with Crippen LogP contribution in [0.15, 0.2) is 48.5 Å². The molecule has 2 aromatic rings. The maximum Gasteiger partial charge on any atom is 0.234 e. The summed E-state index contributed by atoms with van der Waals surface area (Å²) in [6, 6.07) is 14.7. The van der Waals surface area contributed by atoms with E-state index in [4.69, 9.17) is 27.9 Å². The first kappa shape index (κ1) is 18.6. The van der Waals surface area contributed by atoms with Crippen molar-refractivity contribution in [2.24, 2.45) is 0 Å². The molecule has 0 bridgehead atoms. The Morgan fingerprint density at radius 2 is 1.83 bits per heavy atom. The molecule has 24 heavy (non-hydrogen) atoms. The first-order chi connectivity index (χ1) is 11.5. The highest BCUT2D eigenvalue weighted by molar-refractivity contribution is 6.30. The van der Waals surface area contributed by atoms with Gasteiger partial charge in [-0.25, -0.2) is 0 Å². The predicted molar refractivity (Wildman–Crippen MR) is 97.7 cm³/mol. The minimum Gasteiger partial charge on any atom is -0.492 e. The summed E-state index contributed by atoms with van der Waals surface area (Å²) in [6.45, 7) is 1.89. The predicted octanol–water partition coefficient (Wildman–Crippen LogP) is 3.62. The van der Waals surface area contributed by atoms with Gasteiger partial charge >= 0.3 is 0 Å². The van der Waals surface area contributed by atoms with Crippen LogP contribution in [0.5, 0.6) is 5.75 Å². The number of hydrogen-bond acceptors (Lipinski definition) is 3. The number of amides is 1. The van der Waals surface area contributed by atoms with Gasteiger partial charge in [0, 0.05) is 23.1 Å². The fourth-order valence-electron chi connectivity index (χ4n) is 2.10. The molecule has 0 radical (unpaired) electrons. The number of nitrogens with zero attached hydrogens (tertiary/aromatic N) is 1. The molecule has 0 heterocycles. The Bertz CT molecular complexity index is 680. The number of carbonyl (C=O) groups is 1. The number of benzene rings is 2. The van der Waals surface area contributed by atoms with Crippen molar-refractivity contribution in [3.8, 4) is 5.75 Å². The Labute approximate surface area is 152 Å². The largest absolute Gasteiger partial charge is 0.492 e. The van der Waals surface area contributed by atoms with Crippen molar-refractivity contribution in [3.05, 3.63) is 64.1 Å². The lowest BCUT2D eigenvalue weighted by molar-refractivity contribution is -0.122. The number of ether oxygens (including phenoxy) is 1. The van der Waals surface area contributed by atoms with Crippen LogP contribution in [0.1, 0.15) is 5.56 Å². The number of halogens is 2. The van der Waals surface area contributed by atoms with E-state index in [1.807, 2.05) is 42.3 Å². The first-order valence-corrected chi connectivity index (χ1v) is 8.36. The molecule has 2 aromatic carbocycles. The van der Waals surface area contributed by atoms with Crippen LogP contribution in [0.25, 0.3) is 0 Å². The number of carbonyl (C=O) groups excluding carboxylic acids is 1. The van der Waals surface area contributed by atoms with Gasteiger partial charge in [-0.05, 0) is 42.9 Å². The lowest BCUT2D eigenvalue weighted by Gasteiger charge is -2.16. The molecule has 128 valence electrons. The molecule has 0 unspecified atom stereocenters. The second-order valence-corrected chi connectivity index (χ2v) is 6.32. The standard InChI is InChI=1S/C18H20Cl2N2O2/c1-22(8-9-24-17-7-3-6-16(20)11-17)13-18(23)21-12-14-4-2-5-15(19)10-14/h2-7,10-11H,8-9,12-13H2,1H3,(H,21,23). The summed E-state index contributed by atoms with van der Waals surface area (Å²) in [5.74, 6) is 0.682. The van der Waals surface area contributed by atoms with Gasteiger partial charge in [0.1, 0.15) is 12.4 Å². The fraction of sp³-hybridized carbons (Fsp3) is 0.278. The number of likely N-dealkylation sites (N-methyl/N-ethyl adjacent to an activating group) is 1. The third kappa shape index (κ3) is 6.79. The molecule has 0 aliphatic carbocycles. The molecule has 1 N–H and O–H groups in total. The van der Waals surface area contributed by atoms with Crippen LogP contribution in [-0.2, 0) is 11.3 Å². The summed E-state index contributed by atoms with van der Waals surface area (Å²) in [5.41, 5.74) is 0.975. The number of hydrogen-bond donors (Lipinski definition) is 1. The molecule has 0 saturated carbocycles. The third-order valence-electron chi connectivity index (χ3n) is 3.33. The summed E-state index contributed by atoms with van der Waals surface area (Å²) in [7, 11) is 1.88. The van der Waals surface area contributed by atoms with E-state index in [0.29, 0.717) is 36.3 Å². The van der Waals surface area contributed by atoms with Gasteiger partial charge in [-0.2, -0.15) is 0 Å². The van der Waals surface area contributed by atoms with E-state index < -0.39 is 0 Å². The summed E-state index contributed by atoms with van der Waals surface area (Å²) < 4.78 is 5.61. The zero-order chi connectivity index (χ0) is 17.4. The monoisotopic (exact) mass is 366 g/mol. The molecule has 1 amide bonds. The molecule has 0 saturated heterocycles. The maximum atomic E-state index is 11.9. The van der Waals surface area contributed by atoms with Crippen molar-refractivity contribution in [1.82, 2.24) is 10.2 Å². The zero-order valence-electron chi connectivity index (χ0n) is 13.5. The topological polar surface area (TPSA) is 41.6 Å². The van der Waals surface area contributed by atoms with Crippen LogP contribution >= 0.6 is 23.2 Å². The SMILES string of the molecule is CN(CCOc1cccc(Cl)c1)CC(=O)NCc1cccc(Cl)c1. The molecule has 2 rings (SSSR count). The van der Waals surface area contributed by atoms with E-state index in [9.17, 15) is 4.79 Å². The molecular formula is C18H20Cl2N2O2. The number of rotatable bonds is 8. The van der Waals surface area contributed by atoms with Gasteiger partial charge in [0.15, 0.2) is 0 Å².